The van der Waals surface area contributed by atoms with Gasteiger partial charge in [-0.1, -0.05) is 0 Å². The molecule has 0 aliphatic carbocycles. The molecule has 0 bridgehead atoms. The molecular weight excluding hydrogens is 1070 g/mol. The first-order valence-corrected chi connectivity index (χ1v) is 28.1. The average Bonchev–Trinajstić information content (AvgIpc) is 3.47. The summed E-state index contributed by atoms with van der Waals surface area (Å²) in [6, 6.07) is 0. The predicted molar refractivity (Wildman–Crippen MR) is 288 cm³/mol. The van der Waals surface area contributed by atoms with Gasteiger partial charge in [0.1, 0.15) is 0 Å². The van der Waals surface area contributed by atoms with Gasteiger partial charge in [-0.15, -0.1) is 0 Å². The van der Waals surface area contributed by atoms with E-state index in [-0.39, 0.29) is 12.3 Å². The fraction of sp³-hybridized carbons (Fsp3) is 0.981. The van der Waals surface area contributed by atoms with E-state index in [9.17, 15) is 4.79 Å². The second kappa shape index (κ2) is 75.4. The number of hydrogen-bond acceptors (Lipinski definition) is 27. The monoisotopic (exact) mass is 1170 g/mol. The predicted octanol–water partition coefficient (Wildman–Crippen LogP) is -0.589. The Labute approximate surface area is 476 Å². The molecule has 0 aliphatic rings. The van der Waals surface area contributed by atoms with Crippen LogP contribution in [0.3, 0.4) is 0 Å². The lowest BCUT2D eigenvalue weighted by molar-refractivity contribution is -0.122. The third kappa shape index (κ3) is 74.4. The highest BCUT2D eigenvalue weighted by Gasteiger charge is 2.01. The second-order valence-corrected chi connectivity index (χ2v) is 16.0. The van der Waals surface area contributed by atoms with Gasteiger partial charge in [-0.3, -0.25) is 10.2 Å². The number of carbonyl (C=O) groups excluding carboxylic acids is 1. The molecule has 0 atom stereocenters. The van der Waals surface area contributed by atoms with Crippen molar-refractivity contribution in [2.75, 3.05) is 331 Å². The molecule has 0 radical (unpaired) electrons. The molecule has 1 amide bonds. The lowest BCUT2D eigenvalue weighted by Gasteiger charge is -2.09. The molecule has 0 aromatic heterocycles. The number of carbonyl (C=O) groups is 1. The molecule has 80 heavy (non-hydrogen) atoms. The Kier molecular flexibility index (Phi) is 74.0. The molecule has 0 saturated carbocycles. The fourth-order valence-corrected chi connectivity index (χ4v) is 5.54. The number of hydrogen-bond donors (Lipinski definition) is 2. The summed E-state index contributed by atoms with van der Waals surface area (Å²) in [5.74, 6) is 4.73. The fourth-order valence-electron chi connectivity index (χ4n) is 5.54. The molecule has 0 spiro atoms. The van der Waals surface area contributed by atoms with E-state index < -0.39 is 0 Å². The van der Waals surface area contributed by atoms with Crippen LogP contribution in [-0.4, -0.2) is 337 Å². The summed E-state index contributed by atoms with van der Waals surface area (Å²) in [7, 11) is 1.64. The molecule has 0 saturated heterocycles. The van der Waals surface area contributed by atoms with Gasteiger partial charge in [-0.2, -0.15) is 0 Å². The zero-order valence-corrected chi connectivity index (χ0v) is 48.5. The summed E-state index contributed by atoms with van der Waals surface area (Å²) >= 11 is 0. The van der Waals surface area contributed by atoms with Crippen molar-refractivity contribution in [1.82, 2.24) is 5.43 Å². The van der Waals surface area contributed by atoms with Crippen molar-refractivity contribution in [2.24, 2.45) is 5.84 Å². The van der Waals surface area contributed by atoms with Crippen molar-refractivity contribution in [1.29, 1.82) is 0 Å². The van der Waals surface area contributed by atoms with Crippen LogP contribution in [0.2, 0.25) is 0 Å². The van der Waals surface area contributed by atoms with Gasteiger partial charge in [0.05, 0.1) is 330 Å². The minimum atomic E-state index is -0.264. The third-order valence-electron chi connectivity index (χ3n) is 9.62. The summed E-state index contributed by atoms with van der Waals surface area (Å²) in [4.78, 5) is 11.0. The van der Waals surface area contributed by atoms with Gasteiger partial charge in [0.15, 0.2) is 0 Å². The van der Waals surface area contributed by atoms with Crippen LogP contribution in [0.4, 0.5) is 0 Å². The van der Waals surface area contributed by atoms with Gasteiger partial charge in [-0.25, -0.2) is 5.84 Å². The number of methoxy groups -OCH3 is 1. The van der Waals surface area contributed by atoms with Gasteiger partial charge >= 0.3 is 0 Å². The smallest absolute Gasteiger partial charge is 0.236 e. The molecule has 28 nitrogen and oxygen atoms in total. The van der Waals surface area contributed by atoms with Crippen molar-refractivity contribution >= 4 is 5.91 Å². The van der Waals surface area contributed by atoms with E-state index in [1.54, 1.807) is 7.11 Å². The summed E-state index contributed by atoms with van der Waals surface area (Å²) < 4.78 is 136. The topological polar surface area (TPSA) is 286 Å². The molecule has 0 fully saturated rings. The van der Waals surface area contributed by atoms with Crippen LogP contribution in [-0.2, 0) is 123 Å². The molecule has 0 aromatic carbocycles. The van der Waals surface area contributed by atoms with E-state index in [1.165, 1.54) is 0 Å². The summed E-state index contributed by atoms with van der Waals surface area (Å²) in [5, 5.41) is 0. The van der Waals surface area contributed by atoms with Crippen LogP contribution in [0.1, 0.15) is 6.42 Å². The first kappa shape index (κ1) is 78.4. The Bertz CT molecular complexity index is 1120. The Morgan fingerprint density at radius 2 is 0.300 bits per heavy atom. The van der Waals surface area contributed by atoms with Crippen molar-refractivity contribution in [2.45, 2.75) is 6.42 Å². The Morgan fingerprint density at radius 3 is 0.400 bits per heavy atom. The number of nitrogens with one attached hydrogen (secondary N) is 1. The highest BCUT2D eigenvalue weighted by atomic mass is 16.6. The number of ether oxygens (including phenoxy) is 25. The zero-order chi connectivity index (χ0) is 57.3. The van der Waals surface area contributed by atoms with E-state index >= 15 is 0 Å². The molecule has 28 heteroatoms. The molecule has 0 unspecified atom stereocenters. The first-order chi connectivity index (χ1) is 39.8. The lowest BCUT2D eigenvalue weighted by atomic mass is 10.4. The van der Waals surface area contributed by atoms with Gasteiger partial charge in [0.25, 0.3) is 0 Å². The maximum atomic E-state index is 11.0. The quantitative estimate of drug-likeness (QED) is 0.0333. The van der Waals surface area contributed by atoms with E-state index in [0.717, 1.165) is 0 Å². The Hall–Kier alpha value is -1.57. The number of nitrogens with two attached hydrogens (primary N) is 1. The maximum Gasteiger partial charge on any atom is 0.236 e. The third-order valence-corrected chi connectivity index (χ3v) is 9.62. The van der Waals surface area contributed by atoms with E-state index in [1.807, 2.05) is 5.43 Å². The first-order valence-electron chi connectivity index (χ1n) is 28.1. The zero-order valence-electron chi connectivity index (χ0n) is 48.5. The molecule has 0 aromatic rings. The van der Waals surface area contributed by atoms with E-state index in [0.29, 0.717) is 324 Å². The number of amides is 1. The minimum Gasteiger partial charge on any atom is -0.382 e. The maximum absolute atomic E-state index is 11.0. The molecule has 0 heterocycles. The highest BCUT2D eigenvalue weighted by Crippen LogP contribution is 1.92. The van der Waals surface area contributed by atoms with Gasteiger partial charge < -0.3 is 118 Å². The van der Waals surface area contributed by atoms with Crippen LogP contribution in [0.15, 0.2) is 0 Å². The summed E-state index contributed by atoms with van der Waals surface area (Å²) in [6.07, 6.45) is 0.223. The molecule has 0 rings (SSSR count). The lowest BCUT2D eigenvalue weighted by Crippen LogP contribution is -2.30. The summed E-state index contributed by atoms with van der Waals surface area (Å²) in [5.41, 5.74) is 2.04. The van der Waals surface area contributed by atoms with Gasteiger partial charge in [0, 0.05) is 7.11 Å². The molecule has 0 aliphatic heterocycles. The van der Waals surface area contributed by atoms with Crippen LogP contribution < -0.4 is 11.3 Å². The molecular formula is C52H106N2O26. The van der Waals surface area contributed by atoms with Gasteiger partial charge in [-0.05, 0) is 0 Å². The van der Waals surface area contributed by atoms with Crippen LogP contribution in [0, 0.1) is 0 Å². The Balaban J connectivity index is 3.08. The molecule has 3 N–H and O–H groups in total. The van der Waals surface area contributed by atoms with Crippen molar-refractivity contribution < 1.29 is 123 Å². The van der Waals surface area contributed by atoms with Gasteiger partial charge in [0.2, 0.25) is 5.91 Å². The molecule has 480 valence electrons. The van der Waals surface area contributed by atoms with Crippen LogP contribution in [0.5, 0.6) is 0 Å². The number of rotatable bonds is 75. The van der Waals surface area contributed by atoms with Crippen molar-refractivity contribution in [3.05, 3.63) is 0 Å². The minimum absolute atomic E-state index is 0.223. The van der Waals surface area contributed by atoms with E-state index in [2.05, 4.69) is 0 Å². The van der Waals surface area contributed by atoms with Crippen molar-refractivity contribution in [3.63, 3.8) is 0 Å². The normalized spacial score (nSPS) is 11.7. The standard InChI is InChI=1S/C52H106N2O26/c1-56-4-5-58-8-9-60-12-13-62-16-17-64-20-21-66-24-25-68-28-29-70-32-33-72-36-37-74-40-41-76-44-45-78-48-49-80-51-50-79-47-46-77-43-42-75-39-38-73-35-34-71-31-30-69-27-26-67-23-22-65-19-18-63-15-14-61-11-10-59-7-6-57-3-2-52(55)54-53/h2-51,53H2,1H3,(H,54,55). The highest BCUT2D eigenvalue weighted by molar-refractivity contribution is 5.75. The number of hydrazine groups is 1. The van der Waals surface area contributed by atoms with Crippen molar-refractivity contribution in [3.8, 4) is 0 Å². The van der Waals surface area contributed by atoms with E-state index in [4.69, 9.17) is 124 Å². The SMILES string of the molecule is COCCOCCOCCOCCOCCOCCOCCOCCOCCOCCOCCOCCOCCOCCOCCOCCOCCOCCOCCOCCOCCOCCOCCOCCOCCC(=O)NN. The Morgan fingerprint density at radius 1 is 0.200 bits per heavy atom. The average molecular weight is 1180 g/mol. The largest absolute Gasteiger partial charge is 0.382 e. The second-order valence-electron chi connectivity index (χ2n) is 16.0. The van der Waals surface area contributed by atoms with Crippen LogP contribution >= 0.6 is 0 Å². The summed E-state index contributed by atoms with van der Waals surface area (Å²) in [6.45, 7) is 23.8. The van der Waals surface area contributed by atoms with Crippen LogP contribution in [0.25, 0.3) is 0 Å².